The number of nitrogens with zero attached hydrogens (tertiary/aromatic N) is 2. The third kappa shape index (κ3) is 10.2. The minimum Gasteiger partial charge on any atom is -0.488 e. The van der Waals surface area contributed by atoms with E-state index in [0.717, 1.165) is 39.6 Å². The molecule has 2 aromatic rings. The lowest BCUT2D eigenvalue weighted by molar-refractivity contribution is 0.351. The summed E-state index contributed by atoms with van der Waals surface area (Å²) in [5.74, 6) is 2.21. The van der Waals surface area contributed by atoms with Crippen LogP contribution in [0.5, 0.6) is 17.2 Å². The molecule has 3 rings (SSSR count). The lowest BCUT2D eigenvalue weighted by Crippen LogP contribution is -2.32. The first-order valence-corrected chi connectivity index (χ1v) is 13.4. The van der Waals surface area contributed by atoms with Gasteiger partial charge in [-0.3, -0.25) is 10.9 Å². The zero-order valence-electron chi connectivity index (χ0n) is 22.7. The molecule has 0 saturated heterocycles. The number of hydrazone groups is 2. The topological polar surface area (TPSA) is 101 Å². The Hall–Kier alpha value is -4.22. The van der Waals surface area contributed by atoms with Gasteiger partial charge in [0.2, 0.25) is 0 Å². The van der Waals surface area contributed by atoms with Crippen LogP contribution in [0.4, 0.5) is 0 Å². The summed E-state index contributed by atoms with van der Waals surface area (Å²) in [5.41, 5.74) is 10.2. The van der Waals surface area contributed by atoms with Crippen LogP contribution in [0.25, 0.3) is 11.6 Å². The van der Waals surface area contributed by atoms with Crippen LogP contribution >= 0.6 is 24.4 Å². The Kier molecular flexibility index (Phi) is 12.1. The van der Waals surface area contributed by atoms with Gasteiger partial charge in [0.15, 0.2) is 10.2 Å². The highest BCUT2D eigenvalue weighted by Crippen LogP contribution is 2.33. The van der Waals surface area contributed by atoms with Crippen LogP contribution in [-0.4, -0.2) is 54.6 Å². The molecule has 2 aromatic carbocycles. The molecule has 0 unspecified atom stereocenters. The van der Waals surface area contributed by atoms with Crippen molar-refractivity contribution in [2.45, 2.75) is 13.8 Å². The summed E-state index contributed by atoms with van der Waals surface area (Å²) in [7, 11) is 0. The molecule has 210 valence electrons. The van der Waals surface area contributed by atoms with E-state index in [-0.39, 0.29) is 0 Å². The summed E-state index contributed by atoms with van der Waals surface area (Å²) in [6.45, 7) is 13.2. The summed E-state index contributed by atoms with van der Waals surface area (Å²) in [6, 6.07) is 13.7. The molecule has 0 atom stereocenters. The molecular weight excluding hydrogens is 544 g/mol. The van der Waals surface area contributed by atoms with E-state index >= 15 is 0 Å². The molecule has 1 heterocycles. The fourth-order valence-electron chi connectivity index (χ4n) is 3.31. The van der Waals surface area contributed by atoms with Crippen molar-refractivity contribution in [1.82, 2.24) is 21.5 Å². The van der Waals surface area contributed by atoms with Gasteiger partial charge in [0.25, 0.3) is 0 Å². The Morgan fingerprint density at radius 2 is 1.43 bits per heavy atom. The molecule has 0 aliphatic carbocycles. The Morgan fingerprint density at radius 1 is 0.875 bits per heavy atom. The number of rotatable bonds is 13. The third-order valence-electron chi connectivity index (χ3n) is 5.33. The lowest BCUT2D eigenvalue weighted by atomic mass is 10.0. The van der Waals surface area contributed by atoms with Crippen LogP contribution in [0, 0.1) is 0 Å². The second kappa shape index (κ2) is 16.0. The largest absolute Gasteiger partial charge is 0.488 e. The van der Waals surface area contributed by atoms with Crippen molar-refractivity contribution in [2.24, 2.45) is 10.2 Å². The van der Waals surface area contributed by atoms with E-state index in [1.807, 2.05) is 56.3 Å². The second-order valence-electron chi connectivity index (χ2n) is 8.67. The minimum absolute atomic E-state index is 0.313. The van der Waals surface area contributed by atoms with Crippen molar-refractivity contribution in [3.63, 3.8) is 0 Å². The molecule has 4 N–H and O–H groups in total. The highest BCUT2D eigenvalue weighted by Gasteiger charge is 2.14. The number of thiocarbonyl (C=S) groups is 2. The van der Waals surface area contributed by atoms with Crippen LogP contribution in [-0.2, 0) is 0 Å². The first-order valence-electron chi connectivity index (χ1n) is 12.6. The van der Waals surface area contributed by atoms with Gasteiger partial charge in [0.05, 0.1) is 11.4 Å². The predicted octanol–water partition coefficient (Wildman–Crippen LogP) is 4.43. The first-order chi connectivity index (χ1) is 19.4. The van der Waals surface area contributed by atoms with Crippen LogP contribution < -0.4 is 35.7 Å². The Morgan fingerprint density at radius 3 is 2.00 bits per heavy atom. The predicted molar refractivity (Wildman–Crippen MR) is 171 cm³/mol. The molecule has 40 heavy (non-hydrogen) atoms. The highest BCUT2D eigenvalue weighted by atomic mass is 32.1. The maximum atomic E-state index is 6.04. The van der Waals surface area contributed by atoms with Gasteiger partial charge in [-0.1, -0.05) is 24.3 Å². The molecule has 0 aromatic heterocycles. The van der Waals surface area contributed by atoms with Crippen molar-refractivity contribution in [2.75, 3.05) is 32.9 Å². The number of nitrogens with one attached hydrogen (secondary N) is 4. The monoisotopic (exact) mass is 578 g/mol. The molecule has 1 aliphatic heterocycles. The molecule has 9 nitrogen and oxygen atoms in total. The molecule has 0 amide bonds. The Labute approximate surface area is 246 Å². The zero-order chi connectivity index (χ0) is 28.7. The van der Waals surface area contributed by atoms with Gasteiger partial charge in [-0.15, -0.1) is 13.2 Å². The Balaban J connectivity index is 1.51. The van der Waals surface area contributed by atoms with Crippen LogP contribution in [0.1, 0.15) is 25.0 Å². The zero-order valence-corrected chi connectivity index (χ0v) is 24.3. The van der Waals surface area contributed by atoms with E-state index in [0.29, 0.717) is 48.9 Å². The van der Waals surface area contributed by atoms with Gasteiger partial charge in [-0.2, -0.15) is 10.2 Å². The fourth-order valence-corrected chi connectivity index (χ4v) is 3.56. The van der Waals surface area contributed by atoms with E-state index in [1.165, 1.54) is 0 Å². The SMILES string of the molecule is C=CCNC(=S)N/N=C(\C)COc1ccc(C2=Cc3ccc(OC/C(C)=N/NC(=S)NCC=C)cc3OC2)cc1. The number of hydrogen-bond donors (Lipinski definition) is 4. The van der Waals surface area contributed by atoms with Gasteiger partial charge in [0.1, 0.15) is 37.1 Å². The number of ether oxygens (including phenoxy) is 3. The highest BCUT2D eigenvalue weighted by molar-refractivity contribution is 7.80. The summed E-state index contributed by atoms with van der Waals surface area (Å²) < 4.78 is 17.7. The van der Waals surface area contributed by atoms with E-state index in [4.69, 9.17) is 38.6 Å². The fraction of sp³-hybridized carbons (Fsp3) is 0.241. The number of hydrogen-bond acceptors (Lipinski definition) is 7. The summed E-state index contributed by atoms with van der Waals surface area (Å²) >= 11 is 10.2. The van der Waals surface area contributed by atoms with Crippen LogP contribution in [0.2, 0.25) is 0 Å². The van der Waals surface area contributed by atoms with E-state index in [9.17, 15) is 0 Å². The Bertz CT molecular complexity index is 1310. The average Bonchev–Trinajstić information content (AvgIpc) is 2.98. The maximum Gasteiger partial charge on any atom is 0.187 e. The average molecular weight is 579 g/mol. The molecule has 1 aliphatic rings. The first kappa shape index (κ1) is 30.3. The van der Waals surface area contributed by atoms with Gasteiger partial charge < -0.3 is 24.8 Å². The molecule has 0 fully saturated rings. The van der Waals surface area contributed by atoms with Crippen molar-refractivity contribution in [3.05, 3.63) is 78.9 Å². The third-order valence-corrected chi connectivity index (χ3v) is 5.80. The molecule has 0 radical (unpaired) electrons. The molecule has 0 bridgehead atoms. The maximum absolute atomic E-state index is 6.04. The molecular formula is C29H34N6O3S2. The van der Waals surface area contributed by atoms with E-state index in [1.54, 1.807) is 12.2 Å². The van der Waals surface area contributed by atoms with Crippen LogP contribution in [0.3, 0.4) is 0 Å². The van der Waals surface area contributed by atoms with Gasteiger partial charge in [-0.25, -0.2) is 0 Å². The van der Waals surface area contributed by atoms with E-state index in [2.05, 4.69) is 50.9 Å². The summed E-state index contributed by atoms with van der Waals surface area (Å²) in [4.78, 5) is 0. The quantitative estimate of drug-likeness (QED) is 0.119. The second-order valence-corrected chi connectivity index (χ2v) is 9.49. The van der Waals surface area contributed by atoms with Crippen molar-refractivity contribution in [3.8, 4) is 17.2 Å². The van der Waals surface area contributed by atoms with Gasteiger partial charge in [0, 0.05) is 24.7 Å². The smallest absolute Gasteiger partial charge is 0.187 e. The van der Waals surface area contributed by atoms with Crippen molar-refractivity contribution in [1.29, 1.82) is 0 Å². The van der Waals surface area contributed by atoms with E-state index < -0.39 is 0 Å². The van der Waals surface area contributed by atoms with Crippen molar-refractivity contribution >= 4 is 57.7 Å². The number of fused-ring (bicyclic) bond motifs is 1. The molecule has 0 saturated carbocycles. The van der Waals surface area contributed by atoms with Crippen LogP contribution in [0.15, 0.2) is 78.0 Å². The van der Waals surface area contributed by atoms with Crippen molar-refractivity contribution < 1.29 is 14.2 Å². The normalized spacial score (nSPS) is 12.6. The molecule has 11 heteroatoms. The summed E-state index contributed by atoms with van der Waals surface area (Å²) in [5, 5.41) is 15.2. The molecule has 0 spiro atoms. The minimum atomic E-state index is 0.313. The standard InChI is InChI=1S/C29H34N6O3S2/c1-5-13-30-28(39)34-32-20(3)17-36-25-10-7-22(8-11-25)24-15-23-9-12-26(16-27(23)38-19-24)37-18-21(4)33-35-29(40)31-14-6-2/h5-12,15-16H,1-2,13-14,17-19H2,3-4H3,(H2,30,34,39)(H2,31,35,40)/b32-20+,33-21+. The number of benzene rings is 2. The summed E-state index contributed by atoms with van der Waals surface area (Å²) in [6.07, 6.45) is 5.56. The lowest BCUT2D eigenvalue weighted by Gasteiger charge is -2.19. The van der Waals surface area contributed by atoms with Gasteiger partial charge >= 0.3 is 0 Å². The van der Waals surface area contributed by atoms with Gasteiger partial charge in [-0.05, 0) is 79.8 Å².